The van der Waals surface area contributed by atoms with Crippen molar-refractivity contribution in [1.82, 2.24) is 4.72 Å². The standard InChI is InChI=1S/C33H38ClF3N2O5S/c1-20-4-2-6-28(40)25-10-7-23(25)17-39-18-32(13-3-5-21-14-24(34)9-11-26(21)32)19-44-29-12-8-22(15-27(29)39)31(41)38-45(42,43)30(20)16-33(35,36)37/h2,6,8-9,11-12,14-15,20,23,25,28,30,40H,3-5,7,10,13,16-19H2,1H3,(H,38,41)/b6-2-/t20-,23-,25+,28-,30+,32-/m0/s1. The summed E-state index contributed by atoms with van der Waals surface area (Å²) in [4.78, 5) is 15.6. The number of benzene rings is 2. The number of carbonyl (C=O) groups excluding carboxylic acids is 1. The Bertz CT molecular complexity index is 1600. The molecule has 2 aliphatic carbocycles. The van der Waals surface area contributed by atoms with Crippen molar-refractivity contribution in [3.63, 3.8) is 0 Å². The first-order valence-electron chi connectivity index (χ1n) is 15.5. The molecule has 0 unspecified atom stereocenters. The molecule has 12 heteroatoms. The van der Waals surface area contributed by atoms with Crippen LogP contribution >= 0.6 is 11.6 Å². The van der Waals surface area contributed by atoms with E-state index in [-0.39, 0.29) is 29.2 Å². The van der Waals surface area contributed by atoms with Gasteiger partial charge in [0.15, 0.2) is 0 Å². The highest BCUT2D eigenvalue weighted by Crippen LogP contribution is 2.47. The van der Waals surface area contributed by atoms with E-state index in [0.29, 0.717) is 36.2 Å². The molecular weight excluding hydrogens is 629 g/mol. The molecule has 2 aliphatic heterocycles. The van der Waals surface area contributed by atoms with Gasteiger partial charge in [-0.25, -0.2) is 13.1 Å². The third kappa shape index (κ3) is 6.58. The number of alkyl halides is 3. The SMILES string of the molecule is C[C@H]1C/C=C\[C@H](O)[C@@H]2CC[C@H]2CN2C[C@@]3(CCCc4cc(Cl)ccc43)COc3ccc(cc32)C(=O)NS(=O)(=O)[C@@H]1CC(F)(F)F. The Morgan fingerprint density at radius 1 is 1.18 bits per heavy atom. The normalized spacial score (nSPS) is 32.3. The quantitative estimate of drug-likeness (QED) is 0.353. The molecule has 0 radical (unpaired) electrons. The predicted molar refractivity (Wildman–Crippen MR) is 166 cm³/mol. The lowest BCUT2D eigenvalue weighted by Gasteiger charge is -2.45. The van der Waals surface area contributed by atoms with Crippen molar-refractivity contribution in [3.8, 4) is 5.75 Å². The first-order valence-corrected chi connectivity index (χ1v) is 17.5. The maximum atomic E-state index is 13.5. The molecule has 2 aromatic carbocycles. The van der Waals surface area contributed by atoms with Gasteiger partial charge in [-0.2, -0.15) is 13.2 Å². The van der Waals surface area contributed by atoms with E-state index < -0.39 is 45.8 Å². The van der Waals surface area contributed by atoms with Gasteiger partial charge in [0.2, 0.25) is 10.0 Å². The maximum absolute atomic E-state index is 13.5. The van der Waals surface area contributed by atoms with Crippen LogP contribution in [0.25, 0.3) is 0 Å². The summed E-state index contributed by atoms with van der Waals surface area (Å²) in [5.74, 6) is -1.36. The average Bonchev–Trinajstić information content (AvgIpc) is 3.09. The minimum atomic E-state index is -4.76. The van der Waals surface area contributed by atoms with Crippen molar-refractivity contribution in [2.75, 3.05) is 24.6 Å². The number of rotatable bonds is 1. The number of amides is 1. The fourth-order valence-corrected chi connectivity index (χ4v) is 9.50. The molecule has 4 aliphatic rings. The average molecular weight is 667 g/mol. The molecule has 7 nitrogen and oxygen atoms in total. The number of sulfonamides is 1. The lowest BCUT2D eigenvalue weighted by Crippen LogP contribution is -2.49. The van der Waals surface area contributed by atoms with Gasteiger partial charge in [-0.15, -0.1) is 0 Å². The Labute approximate surface area is 266 Å². The van der Waals surface area contributed by atoms with E-state index in [9.17, 15) is 31.5 Å². The predicted octanol–water partition coefficient (Wildman–Crippen LogP) is 6.18. The largest absolute Gasteiger partial charge is 0.490 e. The van der Waals surface area contributed by atoms with E-state index >= 15 is 0 Å². The van der Waals surface area contributed by atoms with Gasteiger partial charge < -0.3 is 14.7 Å². The number of hydrogen-bond acceptors (Lipinski definition) is 6. The van der Waals surface area contributed by atoms with Crippen molar-refractivity contribution in [2.24, 2.45) is 17.8 Å². The van der Waals surface area contributed by atoms with Gasteiger partial charge >= 0.3 is 6.18 Å². The zero-order chi connectivity index (χ0) is 32.1. The van der Waals surface area contributed by atoms with Gasteiger partial charge in [-0.3, -0.25) is 4.79 Å². The molecule has 1 fully saturated rings. The minimum Gasteiger partial charge on any atom is -0.490 e. The van der Waals surface area contributed by atoms with E-state index in [1.807, 2.05) is 16.9 Å². The Kier molecular flexibility index (Phi) is 8.67. The number of aryl methyl sites for hydroxylation is 1. The lowest BCUT2D eigenvalue weighted by atomic mass is 9.68. The van der Waals surface area contributed by atoms with Crippen molar-refractivity contribution in [3.05, 3.63) is 70.3 Å². The van der Waals surface area contributed by atoms with Gasteiger partial charge in [-0.1, -0.05) is 36.7 Å². The van der Waals surface area contributed by atoms with Crippen LogP contribution in [0.4, 0.5) is 18.9 Å². The number of fused-ring (bicyclic) bond motifs is 4. The third-order valence-electron chi connectivity index (χ3n) is 10.2. The maximum Gasteiger partial charge on any atom is 0.390 e. The van der Waals surface area contributed by atoms with Crippen LogP contribution < -0.4 is 14.4 Å². The molecule has 244 valence electrons. The topological polar surface area (TPSA) is 95.9 Å². The smallest absolute Gasteiger partial charge is 0.390 e. The van der Waals surface area contributed by atoms with Crippen LogP contribution in [-0.4, -0.2) is 56.7 Å². The number of nitrogens with one attached hydrogen (secondary N) is 1. The van der Waals surface area contributed by atoms with Crippen LogP contribution in [0.1, 0.15) is 66.9 Å². The van der Waals surface area contributed by atoms with Gasteiger partial charge in [0.25, 0.3) is 5.91 Å². The second-order valence-corrected chi connectivity index (χ2v) is 15.6. The van der Waals surface area contributed by atoms with Gasteiger partial charge in [0.1, 0.15) is 5.75 Å². The number of allylic oxidation sites excluding steroid dienone is 1. The first kappa shape index (κ1) is 32.2. The third-order valence-corrected chi connectivity index (χ3v) is 12.3. The molecule has 0 saturated heterocycles. The summed E-state index contributed by atoms with van der Waals surface area (Å²) in [7, 11) is -4.73. The molecular formula is C33H38ClF3N2O5S. The summed E-state index contributed by atoms with van der Waals surface area (Å²) in [6.45, 7) is 2.96. The highest BCUT2D eigenvalue weighted by Gasteiger charge is 2.45. The van der Waals surface area contributed by atoms with Gasteiger partial charge in [-0.05, 0) is 97.7 Å². The van der Waals surface area contributed by atoms with Crippen molar-refractivity contribution in [1.29, 1.82) is 0 Å². The molecule has 2 heterocycles. The van der Waals surface area contributed by atoms with E-state index in [2.05, 4.69) is 11.0 Å². The number of nitrogens with zero attached hydrogens (tertiary/aromatic N) is 1. The van der Waals surface area contributed by atoms with Gasteiger partial charge in [0, 0.05) is 29.1 Å². The molecule has 1 saturated carbocycles. The summed E-state index contributed by atoms with van der Waals surface area (Å²) in [6, 6.07) is 10.6. The van der Waals surface area contributed by atoms with Gasteiger partial charge in [0.05, 0.1) is 30.1 Å². The van der Waals surface area contributed by atoms with Crippen LogP contribution in [0.15, 0.2) is 48.6 Å². The monoisotopic (exact) mass is 666 g/mol. The molecule has 1 spiro atoms. The molecule has 2 aromatic rings. The first-order chi connectivity index (χ1) is 21.2. The van der Waals surface area contributed by atoms with Crippen molar-refractivity contribution in [2.45, 2.75) is 74.8 Å². The van der Waals surface area contributed by atoms with Crippen molar-refractivity contribution >= 4 is 33.2 Å². The fourth-order valence-electron chi connectivity index (χ4n) is 7.65. The Hall–Kier alpha value is -2.76. The molecule has 0 aromatic heterocycles. The van der Waals surface area contributed by atoms with Crippen molar-refractivity contribution < 1.29 is 36.2 Å². The molecule has 45 heavy (non-hydrogen) atoms. The molecule has 6 rings (SSSR count). The summed E-state index contributed by atoms with van der Waals surface area (Å²) < 4.78 is 75.6. The van der Waals surface area contributed by atoms with Crippen LogP contribution in [0.2, 0.25) is 5.02 Å². The lowest BCUT2D eigenvalue weighted by molar-refractivity contribution is -0.136. The fraction of sp³-hybridized carbons (Fsp3) is 0.545. The second kappa shape index (κ2) is 12.1. The second-order valence-electron chi connectivity index (χ2n) is 13.3. The number of ether oxygens (including phenoxy) is 1. The summed E-state index contributed by atoms with van der Waals surface area (Å²) >= 11 is 6.35. The Morgan fingerprint density at radius 3 is 2.71 bits per heavy atom. The molecule has 2 N–H and O–H groups in total. The highest BCUT2D eigenvalue weighted by atomic mass is 35.5. The van der Waals surface area contributed by atoms with Crippen LogP contribution in [0, 0.1) is 17.8 Å². The summed E-state index contributed by atoms with van der Waals surface area (Å²) in [5, 5.41) is 9.88. The Morgan fingerprint density at radius 2 is 1.98 bits per heavy atom. The van der Waals surface area contributed by atoms with E-state index in [1.165, 1.54) is 24.1 Å². The van der Waals surface area contributed by atoms with E-state index in [0.717, 1.165) is 32.1 Å². The van der Waals surface area contributed by atoms with Crippen LogP contribution in [-0.2, 0) is 21.9 Å². The van der Waals surface area contributed by atoms with E-state index in [1.54, 1.807) is 24.3 Å². The molecule has 1 amide bonds. The zero-order valence-electron chi connectivity index (χ0n) is 25.0. The summed E-state index contributed by atoms with van der Waals surface area (Å²) in [5.41, 5.74) is 2.59. The number of anilines is 1. The number of carbonyl (C=O) groups is 1. The highest BCUT2D eigenvalue weighted by molar-refractivity contribution is 7.90. The minimum absolute atomic E-state index is 0.00144. The number of hydrogen-bond donors (Lipinski definition) is 2. The molecule has 2 bridgehead atoms. The number of halogens is 4. The number of aliphatic hydroxyl groups excluding tert-OH is 1. The van der Waals surface area contributed by atoms with E-state index in [4.69, 9.17) is 16.3 Å². The summed E-state index contributed by atoms with van der Waals surface area (Å²) in [6.07, 6.45) is 0.369. The van der Waals surface area contributed by atoms with Crippen LogP contribution in [0.5, 0.6) is 5.75 Å². The number of aliphatic hydroxyl groups is 1. The zero-order valence-corrected chi connectivity index (χ0v) is 26.6. The molecule has 6 atom stereocenters. The van der Waals surface area contributed by atoms with Crippen LogP contribution in [0.3, 0.4) is 0 Å². The Balaban J connectivity index is 1.42.